The van der Waals surface area contributed by atoms with Gasteiger partial charge in [-0.3, -0.25) is 19.6 Å². The number of pyridine rings is 1. The van der Waals surface area contributed by atoms with Crippen LogP contribution in [0.25, 0.3) is 33.4 Å². The molecule has 11 heteroatoms. The summed E-state index contributed by atoms with van der Waals surface area (Å²) in [6, 6.07) is 3.43. The largest absolute Gasteiger partial charge is 0.495 e. The molecular formula is C23H23Cl2N5O4. The molecule has 3 aromatic heterocycles. The van der Waals surface area contributed by atoms with Gasteiger partial charge in [-0.05, 0) is 12.5 Å². The summed E-state index contributed by atoms with van der Waals surface area (Å²) in [7, 11) is 4.65. The van der Waals surface area contributed by atoms with Crippen molar-refractivity contribution in [1.29, 1.82) is 0 Å². The fraction of sp³-hybridized carbons (Fsp3) is 0.304. The van der Waals surface area contributed by atoms with E-state index in [0.29, 0.717) is 57.9 Å². The van der Waals surface area contributed by atoms with Gasteiger partial charge in [0.2, 0.25) is 0 Å². The Morgan fingerprint density at radius 2 is 1.82 bits per heavy atom. The molecule has 0 spiro atoms. The second-order valence-electron chi connectivity index (χ2n) is 7.53. The number of aromatic amines is 1. The van der Waals surface area contributed by atoms with Crippen molar-refractivity contribution in [2.75, 3.05) is 27.9 Å². The lowest BCUT2D eigenvalue weighted by Crippen LogP contribution is -2.10. The van der Waals surface area contributed by atoms with Crippen molar-refractivity contribution in [3.05, 3.63) is 40.8 Å². The Kier molecular flexibility index (Phi) is 7.35. The number of halogens is 2. The van der Waals surface area contributed by atoms with Crippen LogP contribution < -0.4 is 9.47 Å². The fourth-order valence-electron chi connectivity index (χ4n) is 3.63. The molecule has 0 atom stereocenters. The Morgan fingerprint density at radius 1 is 1.09 bits per heavy atom. The van der Waals surface area contributed by atoms with Gasteiger partial charge < -0.3 is 14.2 Å². The second-order valence-corrected chi connectivity index (χ2v) is 8.29. The smallest absolute Gasteiger partial charge is 0.154 e. The van der Waals surface area contributed by atoms with Crippen LogP contribution in [-0.4, -0.2) is 58.7 Å². The third kappa shape index (κ3) is 4.72. The Balaban J connectivity index is 1.63. The molecule has 0 saturated heterocycles. The van der Waals surface area contributed by atoms with Gasteiger partial charge in [0, 0.05) is 55.1 Å². The maximum Gasteiger partial charge on any atom is 0.154 e. The lowest BCUT2D eigenvalue weighted by Gasteiger charge is -2.14. The molecule has 1 aromatic carbocycles. The van der Waals surface area contributed by atoms with Gasteiger partial charge in [0.05, 0.1) is 48.2 Å². The summed E-state index contributed by atoms with van der Waals surface area (Å²) in [6.07, 6.45) is 6.29. The number of carbonyl (C=O) groups excluding carboxylic acids is 1. The normalized spacial score (nSPS) is 11.2. The minimum atomic E-state index is 0.0902. The van der Waals surface area contributed by atoms with E-state index >= 15 is 0 Å². The average molecular weight is 504 g/mol. The van der Waals surface area contributed by atoms with Crippen LogP contribution >= 0.6 is 23.2 Å². The Hall–Kier alpha value is -3.14. The number of hydrogen-bond acceptors (Lipinski definition) is 7. The number of methoxy groups -OCH3 is 3. The summed E-state index contributed by atoms with van der Waals surface area (Å²) in [4.78, 5) is 16.7. The fourth-order valence-corrected chi connectivity index (χ4v) is 4.32. The predicted octanol–water partition coefficient (Wildman–Crippen LogP) is 4.81. The molecular weight excluding hydrogens is 481 g/mol. The van der Waals surface area contributed by atoms with Gasteiger partial charge in [0.25, 0.3) is 0 Å². The Bertz CT molecular complexity index is 1310. The molecule has 4 aromatic rings. The van der Waals surface area contributed by atoms with Crippen LogP contribution in [0.15, 0.2) is 30.7 Å². The molecule has 9 nitrogen and oxygen atoms in total. The van der Waals surface area contributed by atoms with E-state index in [0.717, 1.165) is 16.5 Å². The molecule has 4 rings (SSSR count). The Labute approximate surface area is 205 Å². The highest BCUT2D eigenvalue weighted by atomic mass is 35.5. The van der Waals surface area contributed by atoms with Crippen molar-refractivity contribution in [3.63, 3.8) is 0 Å². The van der Waals surface area contributed by atoms with Gasteiger partial charge in [0.1, 0.15) is 17.2 Å². The number of carbonyl (C=O) groups is 1. The molecule has 0 aliphatic carbocycles. The number of fused-ring (bicyclic) bond motifs is 1. The lowest BCUT2D eigenvalue weighted by molar-refractivity contribution is -0.120. The SMILES string of the molecule is COCCCC(=O)Cn1cc(-c2n[nH]c3cc(-c4c(Cl)c(OC)cc(OC)c4Cl)ncc23)cn1. The lowest BCUT2D eigenvalue weighted by atomic mass is 10.1. The van der Waals surface area contributed by atoms with Crippen LogP contribution in [0.2, 0.25) is 10.0 Å². The molecule has 0 aliphatic rings. The van der Waals surface area contributed by atoms with Crippen LogP contribution in [0.3, 0.4) is 0 Å². The molecule has 0 unspecified atom stereocenters. The second kappa shape index (κ2) is 10.4. The Morgan fingerprint density at radius 3 is 2.50 bits per heavy atom. The zero-order chi connectivity index (χ0) is 24.2. The van der Waals surface area contributed by atoms with Crippen LogP contribution in [0.4, 0.5) is 0 Å². The number of aromatic nitrogens is 5. The van der Waals surface area contributed by atoms with E-state index in [1.165, 1.54) is 14.2 Å². The minimum absolute atomic E-state index is 0.0902. The minimum Gasteiger partial charge on any atom is -0.495 e. The quantitative estimate of drug-likeness (QED) is 0.309. The number of rotatable bonds is 10. The number of ether oxygens (including phenoxy) is 3. The third-order valence-electron chi connectivity index (χ3n) is 5.33. The van der Waals surface area contributed by atoms with Crippen molar-refractivity contribution in [3.8, 4) is 34.0 Å². The summed E-state index contributed by atoms with van der Waals surface area (Å²) in [5.74, 6) is 0.941. The number of benzene rings is 1. The summed E-state index contributed by atoms with van der Waals surface area (Å²) >= 11 is 13.1. The van der Waals surface area contributed by atoms with Crippen molar-refractivity contribution < 1.29 is 19.0 Å². The number of nitrogens with one attached hydrogen (secondary N) is 1. The first kappa shape index (κ1) is 24.0. The molecule has 0 bridgehead atoms. The standard InChI is InChI=1S/C23H23Cl2N5O4/c1-32-6-4-5-14(31)12-30-11-13(9-27-30)23-15-10-26-17(7-16(15)28-29-23)20-21(24)18(33-2)8-19(34-3)22(20)25/h7-11H,4-6,12H2,1-3H3,(H,28,29). The zero-order valence-electron chi connectivity index (χ0n) is 18.9. The monoisotopic (exact) mass is 503 g/mol. The van der Waals surface area contributed by atoms with Gasteiger partial charge in [-0.15, -0.1) is 0 Å². The molecule has 0 aliphatic heterocycles. The van der Waals surface area contributed by atoms with Gasteiger partial charge in [-0.2, -0.15) is 10.2 Å². The summed E-state index contributed by atoms with van der Waals surface area (Å²) in [6.45, 7) is 0.756. The summed E-state index contributed by atoms with van der Waals surface area (Å²) in [5, 5.41) is 13.2. The number of ketones is 1. The van der Waals surface area contributed by atoms with E-state index in [1.807, 2.05) is 6.07 Å². The van der Waals surface area contributed by atoms with E-state index in [4.69, 9.17) is 37.4 Å². The molecule has 178 valence electrons. The van der Waals surface area contributed by atoms with Crippen molar-refractivity contribution >= 4 is 39.9 Å². The molecule has 3 heterocycles. The van der Waals surface area contributed by atoms with Gasteiger partial charge in [0.15, 0.2) is 5.78 Å². The van der Waals surface area contributed by atoms with E-state index in [1.54, 1.807) is 36.4 Å². The summed E-state index contributed by atoms with van der Waals surface area (Å²) in [5.41, 5.74) is 3.21. The average Bonchev–Trinajstić information content (AvgIpc) is 3.46. The first-order chi connectivity index (χ1) is 16.5. The molecule has 34 heavy (non-hydrogen) atoms. The van der Waals surface area contributed by atoms with Crippen LogP contribution in [0, 0.1) is 0 Å². The number of H-pyrrole nitrogens is 1. The van der Waals surface area contributed by atoms with E-state index < -0.39 is 0 Å². The van der Waals surface area contributed by atoms with Crippen molar-refractivity contribution in [1.82, 2.24) is 25.0 Å². The number of Topliss-reactive ketones (excluding diaryl/α,β-unsaturated/α-hetero) is 1. The first-order valence-electron chi connectivity index (χ1n) is 10.4. The van der Waals surface area contributed by atoms with Crippen molar-refractivity contribution in [2.45, 2.75) is 19.4 Å². The molecule has 0 fully saturated rings. The highest BCUT2D eigenvalue weighted by molar-refractivity contribution is 6.41. The van der Waals surface area contributed by atoms with Gasteiger partial charge >= 0.3 is 0 Å². The third-order valence-corrected chi connectivity index (χ3v) is 6.08. The van der Waals surface area contributed by atoms with Crippen LogP contribution in [0.1, 0.15) is 12.8 Å². The maximum atomic E-state index is 12.1. The van der Waals surface area contributed by atoms with E-state index in [9.17, 15) is 4.79 Å². The van der Waals surface area contributed by atoms with Gasteiger partial charge in [-0.25, -0.2) is 0 Å². The predicted molar refractivity (Wildman–Crippen MR) is 130 cm³/mol. The molecule has 0 amide bonds. The molecule has 0 radical (unpaired) electrons. The van der Waals surface area contributed by atoms with Crippen LogP contribution in [-0.2, 0) is 16.1 Å². The molecule has 1 N–H and O–H groups in total. The van der Waals surface area contributed by atoms with E-state index in [-0.39, 0.29) is 12.3 Å². The number of hydrogen-bond donors (Lipinski definition) is 1. The first-order valence-corrected chi connectivity index (χ1v) is 11.2. The number of nitrogens with zero attached hydrogens (tertiary/aromatic N) is 4. The van der Waals surface area contributed by atoms with Crippen LogP contribution in [0.5, 0.6) is 11.5 Å². The van der Waals surface area contributed by atoms with E-state index in [2.05, 4.69) is 20.3 Å². The van der Waals surface area contributed by atoms with Crippen molar-refractivity contribution in [2.24, 2.45) is 0 Å². The molecule has 0 saturated carbocycles. The zero-order valence-corrected chi connectivity index (χ0v) is 20.4. The summed E-state index contributed by atoms with van der Waals surface area (Å²) < 4.78 is 17.3. The van der Waals surface area contributed by atoms with Gasteiger partial charge in [-0.1, -0.05) is 23.2 Å². The highest BCUT2D eigenvalue weighted by Gasteiger charge is 2.21. The highest BCUT2D eigenvalue weighted by Crippen LogP contribution is 2.45. The maximum absolute atomic E-state index is 12.1. The topological polar surface area (TPSA) is 104 Å².